The lowest BCUT2D eigenvalue weighted by Gasteiger charge is -2.24. The van der Waals surface area contributed by atoms with Crippen molar-refractivity contribution in [3.8, 4) is 0 Å². The zero-order chi connectivity index (χ0) is 14.1. The molecule has 0 unspecified atom stereocenters. The number of carboxylic acid groups (broad SMARTS) is 1. The minimum atomic E-state index is -4.55. The van der Waals surface area contributed by atoms with Crippen LogP contribution in [-0.4, -0.2) is 11.1 Å². The highest BCUT2D eigenvalue weighted by Gasteiger charge is 2.35. The van der Waals surface area contributed by atoms with Crippen LogP contribution < -0.4 is 0 Å². The molecule has 1 N–H and O–H groups in total. The van der Waals surface area contributed by atoms with Gasteiger partial charge in [0.1, 0.15) is 0 Å². The highest BCUT2D eigenvalue weighted by Crippen LogP contribution is 2.38. The maximum absolute atomic E-state index is 12.7. The van der Waals surface area contributed by atoms with Gasteiger partial charge in [-0.05, 0) is 17.7 Å². The van der Waals surface area contributed by atoms with Gasteiger partial charge in [0.25, 0.3) is 0 Å². The summed E-state index contributed by atoms with van der Waals surface area (Å²) in [4.78, 5) is 10.7. The number of rotatable bonds is 3. The van der Waals surface area contributed by atoms with Crippen molar-refractivity contribution in [1.29, 1.82) is 0 Å². The Morgan fingerprint density at radius 2 is 1.89 bits per heavy atom. The number of benzene rings is 1. The fraction of sp³-hybridized carbons (Fsp3) is 0.417. The third kappa shape index (κ3) is 3.38. The highest BCUT2D eigenvalue weighted by molar-refractivity contribution is 6.31. The fourth-order valence-corrected chi connectivity index (χ4v) is 1.87. The van der Waals surface area contributed by atoms with Gasteiger partial charge in [-0.1, -0.05) is 31.5 Å². The molecule has 6 heteroatoms. The minimum absolute atomic E-state index is 0.258. The monoisotopic (exact) mass is 280 g/mol. The van der Waals surface area contributed by atoms with Crippen LogP contribution in [0.2, 0.25) is 5.02 Å². The third-order valence-electron chi connectivity index (χ3n) is 2.65. The van der Waals surface area contributed by atoms with Crippen molar-refractivity contribution in [2.24, 2.45) is 0 Å². The molecule has 0 saturated carbocycles. The SMILES string of the molecule is CC(C)(CC(=O)O)c1ccc(Cl)c(C(F)(F)F)c1. The summed E-state index contributed by atoms with van der Waals surface area (Å²) in [6, 6.07) is 3.47. The first-order valence-electron chi connectivity index (χ1n) is 5.13. The maximum atomic E-state index is 12.7. The van der Waals surface area contributed by atoms with Crippen molar-refractivity contribution < 1.29 is 23.1 Å². The summed E-state index contributed by atoms with van der Waals surface area (Å²) in [5, 5.41) is 8.35. The van der Waals surface area contributed by atoms with Crippen LogP contribution in [0.25, 0.3) is 0 Å². The van der Waals surface area contributed by atoms with Crippen LogP contribution in [0.3, 0.4) is 0 Å². The summed E-state index contributed by atoms with van der Waals surface area (Å²) in [6.07, 6.45) is -4.81. The summed E-state index contributed by atoms with van der Waals surface area (Å²) in [5.41, 5.74) is -1.54. The van der Waals surface area contributed by atoms with Crippen LogP contribution in [0.4, 0.5) is 13.2 Å². The molecule has 2 nitrogen and oxygen atoms in total. The van der Waals surface area contributed by atoms with E-state index in [2.05, 4.69) is 0 Å². The number of hydrogen-bond acceptors (Lipinski definition) is 1. The lowest BCUT2D eigenvalue weighted by molar-refractivity contribution is -0.138. The number of carboxylic acids is 1. The van der Waals surface area contributed by atoms with E-state index in [9.17, 15) is 18.0 Å². The molecule has 100 valence electrons. The second-order valence-corrected chi connectivity index (χ2v) is 5.05. The van der Waals surface area contributed by atoms with Gasteiger partial charge in [0.05, 0.1) is 17.0 Å². The predicted octanol–water partition coefficient (Wildman–Crippen LogP) is 4.11. The van der Waals surface area contributed by atoms with Gasteiger partial charge in [0.2, 0.25) is 0 Å². The van der Waals surface area contributed by atoms with Crippen molar-refractivity contribution in [3.63, 3.8) is 0 Å². The molecule has 0 atom stereocenters. The van der Waals surface area contributed by atoms with Gasteiger partial charge >= 0.3 is 12.1 Å². The van der Waals surface area contributed by atoms with Gasteiger partial charge in [0.15, 0.2) is 0 Å². The van der Waals surface area contributed by atoms with Crippen molar-refractivity contribution in [3.05, 3.63) is 34.3 Å². The molecule has 0 fully saturated rings. The fourth-order valence-electron chi connectivity index (χ4n) is 1.64. The Bertz CT molecular complexity index is 467. The molecule has 0 aromatic heterocycles. The van der Waals surface area contributed by atoms with Crippen LogP contribution >= 0.6 is 11.6 Å². The molecular weight excluding hydrogens is 269 g/mol. The van der Waals surface area contributed by atoms with E-state index in [4.69, 9.17) is 16.7 Å². The number of aliphatic carboxylic acids is 1. The largest absolute Gasteiger partial charge is 0.481 e. The van der Waals surface area contributed by atoms with E-state index >= 15 is 0 Å². The molecule has 0 aliphatic heterocycles. The van der Waals surface area contributed by atoms with Gasteiger partial charge < -0.3 is 5.11 Å². The molecule has 0 heterocycles. The topological polar surface area (TPSA) is 37.3 Å². The Labute approximate surface area is 107 Å². The van der Waals surface area contributed by atoms with E-state index in [1.54, 1.807) is 13.8 Å². The van der Waals surface area contributed by atoms with E-state index in [0.717, 1.165) is 12.1 Å². The third-order valence-corrected chi connectivity index (χ3v) is 2.98. The molecule has 18 heavy (non-hydrogen) atoms. The molecule has 1 aromatic rings. The summed E-state index contributed by atoms with van der Waals surface area (Å²) >= 11 is 5.50. The van der Waals surface area contributed by atoms with E-state index in [-0.39, 0.29) is 6.42 Å². The number of carbonyl (C=O) groups is 1. The van der Waals surface area contributed by atoms with E-state index in [0.29, 0.717) is 5.56 Å². The summed E-state index contributed by atoms with van der Waals surface area (Å²) in [6.45, 7) is 3.15. The lowest BCUT2D eigenvalue weighted by Crippen LogP contribution is -2.22. The van der Waals surface area contributed by atoms with Crippen LogP contribution in [0.15, 0.2) is 18.2 Å². The molecule has 0 amide bonds. The van der Waals surface area contributed by atoms with E-state index < -0.39 is 28.1 Å². The summed E-state index contributed by atoms with van der Waals surface area (Å²) in [5.74, 6) is -1.07. The van der Waals surface area contributed by atoms with Gasteiger partial charge in [-0.3, -0.25) is 4.79 Å². The highest BCUT2D eigenvalue weighted by atomic mass is 35.5. The average Bonchev–Trinajstić information content (AvgIpc) is 2.13. The molecule has 0 saturated heterocycles. The number of halogens is 4. The van der Waals surface area contributed by atoms with Crippen molar-refractivity contribution in [1.82, 2.24) is 0 Å². The Morgan fingerprint density at radius 1 is 1.33 bits per heavy atom. The Kier molecular flexibility index (Phi) is 3.96. The standard InChI is InChI=1S/C12H12ClF3O2/c1-11(2,6-10(17)18)7-3-4-9(13)8(5-7)12(14,15)16/h3-5H,6H2,1-2H3,(H,17,18). The first-order chi connectivity index (χ1) is 8.04. The van der Waals surface area contributed by atoms with E-state index in [1.807, 2.05) is 0 Å². The summed E-state index contributed by atoms with van der Waals surface area (Å²) < 4.78 is 38.0. The molecule has 1 aromatic carbocycles. The zero-order valence-electron chi connectivity index (χ0n) is 9.81. The molecule has 0 radical (unpaired) electrons. The van der Waals surface area contributed by atoms with Crippen LogP contribution in [-0.2, 0) is 16.4 Å². The van der Waals surface area contributed by atoms with Crippen LogP contribution in [0, 0.1) is 0 Å². The maximum Gasteiger partial charge on any atom is 0.417 e. The Balaban J connectivity index is 3.24. The quantitative estimate of drug-likeness (QED) is 0.904. The minimum Gasteiger partial charge on any atom is -0.481 e. The molecule has 0 aliphatic rings. The smallest absolute Gasteiger partial charge is 0.417 e. The zero-order valence-corrected chi connectivity index (χ0v) is 10.6. The van der Waals surface area contributed by atoms with Gasteiger partial charge in [-0.25, -0.2) is 0 Å². The van der Waals surface area contributed by atoms with Crippen LogP contribution in [0.5, 0.6) is 0 Å². The molecule has 1 rings (SSSR count). The predicted molar refractivity (Wildman–Crippen MR) is 61.7 cm³/mol. The second kappa shape index (κ2) is 4.80. The second-order valence-electron chi connectivity index (χ2n) is 4.65. The Hall–Kier alpha value is -1.23. The van der Waals surface area contributed by atoms with Crippen molar-refractivity contribution >= 4 is 17.6 Å². The van der Waals surface area contributed by atoms with Gasteiger partial charge in [-0.15, -0.1) is 0 Å². The first-order valence-corrected chi connectivity index (χ1v) is 5.51. The van der Waals surface area contributed by atoms with Gasteiger partial charge in [-0.2, -0.15) is 13.2 Å². The van der Waals surface area contributed by atoms with Crippen molar-refractivity contribution in [2.75, 3.05) is 0 Å². The normalized spacial score (nSPS) is 12.6. The molecular formula is C12H12ClF3O2. The number of alkyl halides is 3. The summed E-state index contributed by atoms with van der Waals surface area (Å²) in [7, 11) is 0. The van der Waals surface area contributed by atoms with Gasteiger partial charge in [0, 0.05) is 5.41 Å². The average molecular weight is 281 g/mol. The number of hydrogen-bond donors (Lipinski definition) is 1. The molecule has 0 spiro atoms. The lowest BCUT2D eigenvalue weighted by atomic mass is 9.81. The van der Waals surface area contributed by atoms with E-state index in [1.165, 1.54) is 6.07 Å². The molecule has 0 aliphatic carbocycles. The van der Waals surface area contributed by atoms with Crippen LogP contribution in [0.1, 0.15) is 31.4 Å². The first kappa shape index (κ1) is 14.8. The van der Waals surface area contributed by atoms with Crippen molar-refractivity contribution in [2.45, 2.75) is 31.9 Å². The Morgan fingerprint density at radius 3 is 2.33 bits per heavy atom. The molecule has 0 bridgehead atoms.